The second kappa shape index (κ2) is 6.69. The van der Waals surface area contributed by atoms with Gasteiger partial charge in [-0.15, -0.1) is 6.58 Å². The normalized spacial score (nSPS) is 12.7. The maximum atomic E-state index is 10.8. The molecule has 0 saturated carbocycles. The number of aliphatic imine (C=N–C) groups is 1. The number of ketones is 1. The summed E-state index contributed by atoms with van der Waals surface area (Å²) in [5.41, 5.74) is 2.78. The van der Waals surface area contributed by atoms with Gasteiger partial charge in [0.05, 0.1) is 13.2 Å². The lowest BCUT2D eigenvalue weighted by atomic mass is 10.2. The Morgan fingerprint density at radius 1 is 1.47 bits per heavy atom. The molecule has 0 aliphatic heterocycles. The number of carbonyl (C=O) groups is 1. The van der Waals surface area contributed by atoms with Crippen LogP contribution in [0.1, 0.15) is 20.3 Å². The van der Waals surface area contributed by atoms with E-state index in [2.05, 4.69) is 24.7 Å². The first kappa shape index (κ1) is 14.3. The lowest BCUT2D eigenvalue weighted by Gasteiger charge is -2.17. The third kappa shape index (κ3) is 8.26. The van der Waals surface area contributed by atoms with E-state index in [0.717, 1.165) is 5.71 Å². The molecule has 4 heteroatoms. The molecular formula is C11H21NO2Si. The molecule has 0 unspecified atom stereocenters. The number of Topliss-reactive ketones (excluding diaryl/α,β-unsaturated/α-hetero) is 1. The molecule has 0 spiro atoms. The largest absolute Gasteiger partial charge is 0.412 e. The fourth-order valence-corrected chi connectivity index (χ4v) is 1.76. The SMILES string of the molecule is C=C[Si](C)(C)OCCN=C(C)CC(C)=O. The fraction of sp³-hybridized carbons (Fsp3) is 0.636. The van der Waals surface area contributed by atoms with Crippen LogP contribution in [0.3, 0.4) is 0 Å². The highest BCUT2D eigenvalue weighted by Crippen LogP contribution is 2.04. The van der Waals surface area contributed by atoms with E-state index in [9.17, 15) is 4.79 Å². The monoisotopic (exact) mass is 227 g/mol. The van der Waals surface area contributed by atoms with Gasteiger partial charge in [0.1, 0.15) is 5.78 Å². The molecule has 0 fully saturated rings. The van der Waals surface area contributed by atoms with E-state index >= 15 is 0 Å². The Morgan fingerprint density at radius 2 is 2.07 bits per heavy atom. The van der Waals surface area contributed by atoms with E-state index in [-0.39, 0.29) is 5.78 Å². The summed E-state index contributed by atoms with van der Waals surface area (Å²) in [6.45, 7) is 12.6. The van der Waals surface area contributed by atoms with Gasteiger partial charge in [0.25, 0.3) is 0 Å². The minimum Gasteiger partial charge on any atom is -0.412 e. The van der Waals surface area contributed by atoms with Crippen molar-refractivity contribution in [3.63, 3.8) is 0 Å². The predicted molar refractivity (Wildman–Crippen MR) is 66.9 cm³/mol. The van der Waals surface area contributed by atoms with E-state index in [1.807, 2.05) is 12.6 Å². The highest BCUT2D eigenvalue weighted by atomic mass is 28.4. The molecule has 3 nitrogen and oxygen atoms in total. The molecule has 15 heavy (non-hydrogen) atoms. The Morgan fingerprint density at radius 3 is 2.53 bits per heavy atom. The van der Waals surface area contributed by atoms with Gasteiger partial charge >= 0.3 is 0 Å². The lowest BCUT2D eigenvalue weighted by molar-refractivity contribution is -0.115. The summed E-state index contributed by atoms with van der Waals surface area (Å²) in [4.78, 5) is 15.0. The summed E-state index contributed by atoms with van der Waals surface area (Å²) in [5, 5.41) is 0. The first-order valence-electron chi connectivity index (χ1n) is 5.14. The van der Waals surface area contributed by atoms with Crippen molar-refractivity contribution in [3.8, 4) is 0 Å². The van der Waals surface area contributed by atoms with E-state index in [1.165, 1.54) is 0 Å². The quantitative estimate of drug-likeness (QED) is 0.380. The maximum Gasteiger partial charge on any atom is 0.210 e. The zero-order valence-corrected chi connectivity index (χ0v) is 11.2. The molecule has 0 N–H and O–H groups in total. The van der Waals surface area contributed by atoms with Crippen molar-refractivity contribution in [2.75, 3.05) is 13.2 Å². The number of rotatable bonds is 7. The Balaban J connectivity index is 3.79. The zero-order chi connectivity index (χ0) is 11.9. The first-order chi connectivity index (χ1) is 6.87. The molecule has 0 aromatic carbocycles. The standard InChI is InChI=1S/C11H21NO2Si/c1-6-15(4,5)14-8-7-12-10(2)9-11(3)13/h6H,1,7-9H2,2-5H3. The average molecular weight is 227 g/mol. The predicted octanol–water partition coefficient (Wildman–Crippen LogP) is 2.37. The second-order valence-electron chi connectivity index (χ2n) is 4.15. The molecular weight excluding hydrogens is 206 g/mol. The number of hydrogen-bond acceptors (Lipinski definition) is 3. The number of hydrogen-bond donors (Lipinski definition) is 0. The summed E-state index contributed by atoms with van der Waals surface area (Å²) >= 11 is 0. The third-order valence-corrected chi connectivity index (χ3v) is 3.87. The summed E-state index contributed by atoms with van der Waals surface area (Å²) in [7, 11) is -1.65. The van der Waals surface area contributed by atoms with Crippen molar-refractivity contribution in [2.45, 2.75) is 33.4 Å². The van der Waals surface area contributed by atoms with Crippen molar-refractivity contribution < 1.29 is 9.22 Å². The van der Waals surface area contributed by atoms with E-state index in [1.54, 1.807) is 6.92 Å². The van der Waals surface area contributed by atoms with Gasteiger partial charge in [0.2, 0.25) is 8.32 Å². The highest BCUT2D eigenvalue weighted by Gasteiger charge is 2.16. The van der Waals surface area contributed by atoms with E-state index < -0.39 is 8.32 Å². The van der Waals surface area contributed by atoms with Gasteiger partial charge in [-0.25, -0.2) is 0 Å². The van der Waals surface area contributed by atoms with Gasteiger partial charge in [-0.3, -0.25) is 9.79 Å². The van der Waals surface area contributed by atoms with Crippen molar-refractivity contribution in [1.82, 2.24) is 0 Å². The van der Waals surface area contributed by atoms with Crippen LogP contribution >= 0.6 is 0 Å². The summed E-state index contributed by atoms with van der Waals surface area (Å²) in [6.07, 6.45) is 0.447. The third-order valence-electron chi connectivity index (χ3n) is 1.94. The Labute approximate surface area is 93.4 Å². The van der Waals surface area contributed by atoms with Crippen LogP contribution in [0.2, 0.25) is 13.1 Å². The van der Waals surface area contributed by atoms with Crippen molar-refractivity contribution in [2.24, 2.45) is 4.99 Å². The molecule has 0 aromatic heterocycles. The van der Waals surface area contributed by atoms with Crippen molar-refractivity contribution in [3.05, 3.63) is 12.3 Å². The Kier molecular flexibility index (Phi) is 6.36. The first-order valence-corrected chi connectivity index (χ1v) is 8.13. The Hall–Kier alpha value is -0.743. The summed E-state index contributed by atoms with van der Waals surface area (Å²) in [5.74, 6) is 0.151. The summed E-state index contributed by atoms with van der Waals surface area (Å²) < 4.78 is 5.66. The topological polar surface area (TPSA) is 38.7 Å². The van der Waals surface area contributed by atoms with Crippen LogP contribution in [0.4, 0.5) is 0 Å². The molecule has 0 saturated heterocycles. The van der Waals surface area contributed by atoms with Crippen LogP contribution in [-0.2, 0) is 9.22 Å². The van der Waals surface area contributed by atoms with Gasteiger partial charge in [-0.05, 0) is 26.9 Å². The molecule has 0 aliphatic rings. The van der Waals surface area contributed by atoms with E-state index in [0.29, 0.717) is 19.6 Å². The van der Waals surface area contributed by atoms with Crippen LogP contribution in [0.25, 0.3) is 0 Å². The lowest BCUT2D eigenvalue weighted by Crippen LogP contribution is -2.28. The van der Waals surface area contributed by atoms with Gasteiger partial charge in [-0.1, -0.05) is 5.70 Å². The molecule has 0 radical (unpaired) electrons. The van der Waals surface area contributed by atoms with Crippen molar-refractivity contribution >= 4 is 19.8 Å². The summed E-state index contributed by atoms with van der Waals surface area (Å²) in [6, 6.07) is 0. The smallest absolute Gasteiger partial charge is 0.210 e. The van der Waals surface area contributed by atoms with Gasteiger partial charge in [-0.2, -0.15) is 0 Å². The Bertz CT molecular complexity index is 259. The van der Waals surface area contributed by atoms with Crippen LogP contribution < -0.4 is 0 Å². The zero-order valence-electron chi connectivity index (χ0n) is 10.2. The van der Waals surface area contributed by atoms with Crippen LogP contribution in [-0.4, -0.2) is 33.0 Å². The minimum atomic E-state index is -1.65. The molecule has 86 valence electrons. The maximum absolute atomic E-state index is 10.8. The molecule has 0 bridgehead atoms. The molecule has 0 aromatic rings. The van der Waals surface area contributed by atoms with Crippen molar-refractivity contribution in [1.29, 1.82) is 0 Å². The second-order valence-corrected chi connectivity index (χ2v) is 8.06. The van der Waals surface area contributed by atoms with Gasteiger partial charge in [0.15, 0.2) is 0 Å². The van der Waals surface area contributed by atoms with Gasteiger partial charge < -0.3 is 4.43 Å². The van der Waals surface area contributed by atoms with Crippen LogP contribution in [0, 0.1) is 0 Å². The molecule has 0 heterocycles. The number of carbonyl (C=O) groups excluding carboxylic acids is 1. The minimum absolute atomic E-state index is 0.151. The molecule has 0 aliphatic carbocycles. The molecule has 0 amide bonds. The fourth-order valence-electron chi connectivity index (χ4n) is 1.02. The van der Waals surface area contributed by atoms with Gasteiger partial charge in [0, 0.05) is 12.1 Å². The van der Waals surface area contributed by atoms with E-state index in [4.69, 9.17) is 4.43 Å². The molecule has 0 rings (SSSR count). The molecule has 0 atom stereocenters. The highest BCUT2D eigenvalue weighted by molar-refractivity contribution is 6.76. The van der Waals surface area contributed by atoms with Crippen LogP contribution in [0.15, 0.2) is 17.3 Å². The van der Waals surface area contributed by atoms with Crippen LogP contribution in [0.5, 0.6) is 0 Å². The average Bonchev–Trinajstić information content (AvgIpc) is 2.11. The number of nitrogens with zero attached hydrogens (tertiary/aromatic N) is 1.